The van der Waals surface area contributed by atoms with Crippen molar-refractivity contribution in [1.29, 1.82) is 0 Å². The number of anilines is 1. The van der Waals surface area contributed by atoms with E-state index in [4.69, 9.17) is 4.98 Å². The van der Waals surface area contributed by atoms with Crippen LogP contribution < -0.4 is 10.2 Å². The first-order valence-electron chi connectivity index (χ1n) is 7.34. The van der Waals surface area contributed by atoms with Crippen LogP contribution in [0.5, 0.6) is 0 Å². The minimum atomic E-state index is 0.709. The molecule has 1 aromatic heterocycles. The fourth-order valence-electron chi connectivity index (χ4n) is 3.19. The molecule has 1 fully saturated rings. The Morgan fingerprint density at radius 3 is 2.89 bits per heavy atom. The number of hydrogen-bond acceptors (Lipinski definition) is 3. The van der Waals surface area contributed by atoms with Crippen molar-refractivity contribution in [2.45, 2.75) is 45.1 Å². The Kier molecular flexibility index (Phi) is 3.50. The molecule has 0 bridgehead atoms. The van der Waals surface area contributed by atoms with E-state index < -0.39 is 0 Å². The first-order chi connectivity index (χ1) is 8.86. The lowest BCUT2D eigenvalue weighted by Gasteiger charge is -2.33. The number of fused-ring (bicyclic) bond motifs is 1. The predicted octanol–water partition coefficient (Wildman–Crippen LogP) is 2.15. The van der Waals surface area contributed by atoms with Crippen LogP contribution in [0.1, 0.15) is 37.4 Å². The number of piperidine rings is 1. The monoisotopic (exact) mass is 245 g/mol. The molecule has 0 aromatic carbocycles. The zero-order chi connectivity index (χ0) is 12.4. The van der Waals surface area contributed by atoms with E-state index >= 15 is 0 Å². The summed E-state index contributed by atoms with van der Waals surface area (Å²) in [4.78, 5) is 7.30. The lowest BCUT2D eigenvalue weighted by molar-refractivity contribution is 0.422. The summed E-state index contributed by atoms with van der Waals surface area (Å²) >= 11 is 0. The Hall–Kier alpha value is -1.09. The highest BCUT2D eigenvalue weighted by atomic mass is 15.2. The van der Waals surface area contributed by atoms with Gasteiger partial charge in [-0.2, -0.15) is 0 Å². The summed E-state index contributed by atoms with van der Waals surface area (Å²) in [5.41, 5.74) is 2.82. The molecule has 1 aliphatic heterocycles. The van der Waals surface area contributed by atoms with Crippen LogP contribution in [0.3, 0.4) is 0 Å². The molecular weight excluding hydrogens is 222 g/mol. The van der Waals surface area contributed by atoms with Crippen LogP contribution >= 0.6 is 0 Å². The van der Waals surface area contributed by atoms with Crippen molar-refractivity contribution in [3.8, 4) is 0 Å². The number of aromatic nitrogens is 1. The molecule has 0 saturated carbocycles. The molecular formula is C15H23N3. The fourth-order valence-corrected chi connectivity index (χ4v) is 3.19. The first kappa shape index (κ1) is 12.0. The number of hydrogen-bond donors (Lipinski definition) is 1. The summed E-state index contributed by atoms with van der Waals surface area (Å²) in [5.74, 6) is 1.20. The maximum atomic E-state index is 4.85. The zero-order valence-corrected chi connectivity index (χ0v) is 11.3. The molecule has 1 N–H and O–H groups in total. The Balaban J connectivity index is 1.66. The van der Waals surface area contributed by atoms with Gasteiger partial charge in [0.2, 0.25) is 0 Å². The smallest absolute Gasteiger partial charge is 0.128 e. The van der Waals surface area contributed by atoms with Crippen LogP contribution in [0.2, 0.25) is 0 Å². The highest BCUT2D eigenvalue weighted by Gasteiger charge is 2.20. The zero-order valence-electron chi connectivity index (χ0n) is 11.3. The molecule has 0 atom stereocenters. The molecule has 18 heavy (non-hydrogen) atoms. The van der Waals surface area contributed by atoms with Gasteiger partial charge in [0, 0.05) is 24.8 Å². The van der Waals surface area contributed by atoms with Crippen LogP contribution in [0.25, 0.3) is 0 Å². The Morgan fingerprint density at radius 2 is 2.11 bits per heavy atom. The average molecular weight is 245 g/mol. The quantitative estimate of drug-likeness (QED) is 0.884. The van der Waals surface area contributed by atoms with Gasteiger partial charge in [-0.25, -0.2) is 4.98 Å². The normalized spacial score (nSPS) is 20.2. The molecule has 3 nitrogen and oxygen atoms in total. The second kappa shape index (κ2) is 5.27. The lowest BCUT2D eigenvalue weighted by Crippen LogP contribution is -2.42. The van der Waals surface area contributed by atoms with E-state index in [1.165, 1.54) is 49.2 Å². The van der Waals surface area contributed by atoms with Gasteiger partial charge in [-0.05, 0) is 50.3 Å². The van der Waals surface area contributed by atoms with Crippen LogP contribution in [-0.2, 0) is 12.8 Å². The molecule has 2 heterocycles. The fraction of sp³-hybridized carbons (Fsp3) is 0.667. The topological polar surface area (TPSA) is 28.2 Å². The van der Waals surface area contributed by atoms with Crippen LogP contribution in [0, 0.1) is 0 Å². The Bertz CT molecular complexity index is 408. The van der Waals surface area contributed by atoms with Crippen molar-refractivity contribution in [3.05, 3.63) is 23.4 Å². The minimum absolute atomic E-state index is 0.709. The highest BCUT2D eigenvalue weighted by molar-refractivity contribution is 5.43. The van der Waals surface area contributed by atoms with Crippen LogP contribution in [0.15, 0.2) is 12.1 Å². The number of aryl methyl sites for hydroxylation is 2. The maximum absolute atomic E-state index is 4.85. The summed E-state index contributed by atoms with van der Waals surface area (Å²) in [6.45, 7) is 5.56. The first-order valence-corrected chi connectivity index (χ1v) is 7.34. The molecule has 1 saturated heterocycles. The Labute approximate surface area is 110 Å². The van der Waals surface area contributed by atoms with Gasteiger partial charge >= 0.3 is 0 Å². The minimum Gasteiger partial charge on any atom is -0.356 e. The summed E-state index contributed by atoms with van der Waals surface area (Å²) in [6, 6.07) is 5.22. The van der Waals surface area contributed by atoms with Crippen molar-refractivity contribution in [3.63, 3.8) is 0 Å². The predicted molar refractivity (Wildman–Crippen MR) is 75.2 cm³/mol. The van der Waals surface area contributed by atoms with E-state index in [-0.39, 0.29) is 0 Å². The SMILES string of the molecule is CCNC1CCN(c2ccc3c(n2)CCC3)CC1. The lowest BCUT2D eigenvalue weighted by atomic mass is 10.0. The molecule has 3 rings (SSSR count). The second-order valence-corrected chi connectivity index (χ2v) is 5.45. The van der Waals surface area contributed by atoms with Gasteiger partial charge in [-0.15, -0.1) is 0 Å². The van der Waals surface area contributed by atoms with E-state index in [1.54, 1.807) is 0 Å². The molecule has 1 aromatic rings. The average Bonchev–Trinajstić information content (AvgIpc) is 2.87. The number of nitrogens with one attached hydrogen (secondary N) is 1. The van der Waals surface area contributed by atoms with Crippen molar-refractivity contribution in [2.75, 3.05) is 24.5 Å². The van der Waals surface area contributed by atoms with Gasteiger partial charge in [0.05, 0.1) is 0 Å². The molecule has 0 unspecified atom stereocenters. The number of pyridine rings is 1. The van der Waals surface area contributed by atoms with E-state index in [1.807, 2.05) is 0 Å². The van der Waals surface area contributed by atoms with Crippen molar-refractivity contribution in [1.82, 2.24) is 10.3 Å². The third-order valence-electron chi connectivity index (χ3n) is 4.23. The largest absolute Gasteiger partial charge is 0.356 e. The molecule has 3 heteroatoms. The summed E-state index contributed by atoms with van der Waals surface area (Å²) in [7, 11) is 0. The van der Waals surface area contributed by atoms with Crippen molar-refractivity contribution < 1.29 is 0 Å². The third kappa shape index (κ3) is 2.37. The maximum Gasteiger partial charge on any atom is 0.128 e. The van der Waals surface area contributed by atoms with Gasteiger partial charge in [0.25, 0.3) is 0 Å². The van der Waals surface area contributed by atoms with Gasteiger partial charge in [-0.1, -0.05) is 13.0 Å². The van der Waals surface area contributed by atoms with Crippen LogP contribution in [0.4, 0.5) is 5.82 Å². The molecule has 2 aliphatic rings. The molecule has 0 spiro atoms. The van der Waals surface area contributed by atoms with Crippen LogP contribution in [-0.4, -0.2) is 30.7 Å². The summed E-state index contributed by atoms with van der Waals surface area (Å²) in [5, 5.41) is 3.55. The summed E-state index contributed by atoms with van der Waals surface area (Å²) in [6.07, 6.45) is 6.18. The van der Waals surface area contributed by atoms with Gasteiger partial charge < -0.3 is 10.2 Å². The van der Waals surface area contributed by atoms with Crippen molar-refractivity contribution >= 4 is 5.82 Å². The van der Waals surface area contributed by atoms with Crippen molar-refractivity contribution in [2.24, 2.45) is 0 Å². The standard InChI is InChI=1S/C15H23N3/c1-2-16-13-8-10-18(11-9-13)15-7-6-12-4-3-5-14(12)17-15/h6-7,13,16H,2-5,8-11H2,1H3. The molecule has 98 valence electrons. The van der Waals surface area contributed by atoms with E-state index in [2.05, 4.69) is 29.3 Å². The van der Waals surface area contributed by atoms with E-state index in [0.717, 1.165) is 19.6 Å². The van der Waals surface area contributed by atoms with Gasteiger partial charge in [0.15, 0.2) is 0 Å². The molecule has 0 amide bonds. The Morgan fingerprint density at radius 1 is 1.28 bits per heavy atom. The van der Waals surface area contributed by atoms with Gasteiger partial charge in [0.1, 0.15) is 5.82 Å². The van der Waals surface area contributed by atoms with E-state index in [0.29, 0.717) is 6.04 Å². The third-order valence-corrected chi connectivity index (χ3v) is 4.23. The summed E-state index contributed by atoms with van der Waals surface area (Å²) < 4.78 is 0. The second-order valence-electron chi connectivity index (χ2n) is 5.45. The highest BCUT2D eigenvalue weighted by Crippen LogP contribution is 2.25. The molecule has 1 aliphatic carbocycles. The molecule has 0 radical (unpaired) electrons. The number of rotatable bonds is 3. The van der Waals surface area contributed by atoms with Gasteiger partial charge in [-0.3, -0.25) is 0 Å². The number of nitrogens with zero attached hydrogens (tertiary/aromatic N) is 2. The van der Waals surface area contributed by atoms with E-state index in [9.17, 15) is 0 Å².